The number of ether oxygens (including phenoxy) is 3. The van der Waals surface area contributed by atoms with Crippen LogP contribution in [-0.4, -0.2) is 67.6 Å². The van der Waals surface area contributed by atoms with Crippen molar-refractivity contribution in [1.29, 1.82) is 0 Å². The van der Waals surface area contributed by atoms with Crippen LogP contribution in [0.3, 0.4) is 0 Å². The smallest absolute Gasteiger partial charge is 0.229 e. The molecule has 1 heterocycles. The summed E-state index contributed by atoms with van der Waals surface area (Å²) in [5, 5.41) is 59.5. The molecule has 0 spiro atoms. The Kier molecular flexibility index (Phi) is 6.90. The van der Waals surface area contributed by atoms with Gasteiger partial charge in [0.1, 0.15) is 41.3 Å². The van der Waals surface area contributed by atoms with E-state index in [1.807, 2.05) is 0 Å². The second-order valence-electron chi connectivity index (χ2n) is 7.35. The molecule has 2 aromatic rings. The van der Waals surface area contributed by atoms with E-state index in [0.717, 1.165) is 6.07 Å². The summed E-state index contributed by atoms with van der Waals surface area (Å²) < 4.78 is 16.7. The van der Waals surface area contributed by atoms with Gasteiger partial charge in [-0.05, 0) is 38.1 Å². The molecule has 0 aliphatic carbocycles. The van der Waals surface area contributed by atoms with Gasteiger partial charge in [0.05, 0.1) is 6.10 Å². The maximum Gasteiger partial charge on any atom is 0.229 e. The summed E-state index contributed by atoms with van der Waals surface area (Å²) in [4.78, 5) is 11.9. The number of benzene rings is 2. The van der Waals surface area contributed by atoms with Gasteiger partial charge in [-0.2, -0.15) is 0 Å². The van der Waals surface area contributed by atoms with Crippen molar-refractivity contribution in [2.75, 3.05) is 0 Å². The van der Waals surface area contributed by atoms with E-state index in [1.165, 1.54) is 44.2 Å². The summed E-state index contributed by atoms with van der Waals surface area (Å²) in [5.41, 5.74) is 0.525. The first kappa shape index (κ1) is 23.4. The van der Waals surface area contributed by atoms with E-state index >= 15 is 0 Å². The molecule has 172 valence electrons. The molecule has 10 nitrogen and oxygen atoms in total. The number of carbonyl (C=O) groups is 1. The van der Waals surface area contributed by atoms with E-state index in [2.05, 4.69) is 0 Å². The minimum absolute atomic E-state index is 0.00228. The van der Waals surface area contributed by atoms with Gasteiger partial charge in [0.2, 0.25) is 12.0 Å². The maximum atomic E-state index is 11.9. The molecule has 5 unspecified atom stereocenters. The lowest BCUT2D eigenvalue weighted by Gasteiger charge is -2.38. The van der Waals surface area contributed by atoms with Crippen LogP contribution in [0.25, 0.3) is 5.76 Å². The van der Waals surface area contributed by atoms with Gasteiger partial charge in [0.25, 0.3) is 0 Å². The molecule has 1 saturated heterocycles. The zero-order valence-corrected chi connectivity index (χ0v) is 17.2. The van der Waals surface area contributed by atoms with E-state index in [1.54, 1.807) is 0 Å². The number of phenolic OH excluding ortho intramolecular Hbond substituents is 3. The van der Waals surface area contributed by atoms with Gasteiger partial charge in [-0.25, -0.2) is 0 Å². The third kappa shape index (κ3) is 4.78. The first-order valence-electron chi connectivity index (χ1n) is 9.68. The zero-order chi connectivity index (χ0) is 23.6. The number of phenols is 3. The molecule has 0 amide bonds. The molecule has 2 aromatic carbocycles. The lowest BCUT2D eigenvalue weighted by Crippen LogP contribution is -2.57. The van der Waals surface area contributed by atoms with Crippen molar-refractivity contribution in [3.05, 3.63) is 53.3 Å². The first-order chi connectivity index (χ1) is 15.1. The van der Waals surface area contributed by atoms with E-state index in [0.29, 0.717) is 6.29 Å². The van der Waals surface area contributed by atoms with E-state index in [4.69, 9.17) is 14.2 Å². The molecule has 3 rings (SSSR count). The molecule has 0 aromatic heterocycles. The number of aldehydes is 1. The van der Waals surface area contributed by atoms with Gasteiger partial charge >= 0.3 is 0 Å². The summed E-state index contributed by atoms with van der Waals surface area (Å²) in [7, 11) is 0. The number of hydrogen-bond acceptors (Lipinski definition) is 10. The largest absolute Gasteiger partial charge is 0.508 e. The lowest BCUT2D eigenvalue weighted by molar-refractivity contribution is -0.281. The van der Waals surface area contributed by atoms with Crippen molar-refractivity contribution in [2.45, 2.75) is 44.6 Å². The fourth-order valence-corrected chi connectivity index (χ4v) is 3.11. The second-order valence-corrected chi connectivity index (χ2v) is 7.35. The minimum Gasteiger partial charge on any atom is -0.508 e. The highest BCUT2D eigenvalue weighted by Crippen LogP contribution is 2.36. The highest BCUT2D eigenvalue weighted by atomic mass is 16.7. The highest BCUT2D eigenvalue weighted by molar-refractivity contribution is 5.84. The Bertz CT molecular complexity index is 1000. The molecular formula is C22H24O10. The van der Waals surface area contributed by atoms with Gasteiger partial charge in [-0.15, -0.1) is 0 Å². The maximum absolute atomic E-state index is 11.9. The second kappa shape index (κ2) is 9.45. The summed E-state index contributed by atoms with van der Waals surface area (Å²) in [5.74, 6) is -1.23. The molecule has 0 bridgehead atoms. The van der Waals surface area contributed by atoms with Crippen molar-refractivity contribution >= 4 is 12.0 Å². The summed E-state index contributed by atoms with van der Waals surface area (Å²) >= 11 is 0. The van der Waals surface area contributed by atoms with Gasteiger partial charge in [-0.3, -0.25) is 4.79 Å². The van der Waals surface area contributed by atoms with Crippen LogP contribution in [0.1, 0.15) is 18.1 Å². The monoisotopic (exact) mass is 448 g/mol. The molecule has 0 saturated carbocycles. The zero-order valence-electron chi connectivity index (χ0n) is 17.2. The number of aromatic hydroxyl groups is 3. The van der Waals surface area contributed by atoms with E-state index in [-0.39, 0.29) is 39.9 Å². The Balaban J connectivity index is 2.05. The minimum atomic E-state index is -1.68. The van der Waals surface area contributed by atoms with Crippen LogP contribution in [0, 0.1) is 6.92 Å². The van der Waals surface area contributed by atoms with Gasteiger partial charge < -0.3 is 44.8 Å². The highest BCUT2D eigenvalue weighted by Gasteiger charge is 2.43. The van der Waals surface area contributed by atoms with Crippen LogP contribution in [-0.2, 0) is 14.3 Å². The van der Waals surface area contributed by atoms with Crippen molar-refractivity contribution in [2.24, 2.45) is 0 Å². The normalized spacial score (nSPS) is 26.2. The molecule has 1 aliphatic heterocycles. The Morgan fingerprint density at radius 2 is 1.62 bits per heavy atom. The lowest BCUT2D eigenvalue weighted by atomic mass is 10.00. The molecular weight excluding hydrogens is 424 g/mol. The molecule has 10 heteroatoms. The van der Waals surface area contributed by atoms with Crippen molar-refractivity contribution < 1.29 is 49.6 Å². The first-order valence-corrected chi connectivity index (χ1v) is 9.68. The van der Waals surface area contributed by atoms with Crippen LogP contribution in [0.15, 0.2) is 42.2 Å². The van der Waals surface area contributed by atoms with Gasteiger partial charge in [0, 0.05) is 23.3 Å². The van der Waals surface area contributed by atoms with Gasteiger partial charge in [-0.1, -0.05) is 0 Å². The van der Waals surface area contributed by atoms with Crippen LogP contribution in [0.5, 0.6) is 23.0 Å². The number of carbonyl (C=O) groups excluding carboxylic acids is 1. The Morgan fingerprint density at radius 3 is 2.25 bits per heavy atom. The van der Waals surface area contributed by atoms with Crippen molar-refractivity contribution in [3.63, 3.8) is 0 Å². The SMILES string of the molecule is Cc1c(O)cc(O)cc1O/C(=C(\C=O)OC1OC(C)C(O)C(O)C1O)c1ccc(O)cc1. The Hall–Kier alpha value is -3.31. The van der Waals surface area contributed by atoms with Crippen LogP contribution in [0.4, 0.5) is 0 Å². The van der Waals surface area contributed by atoms with Crippen molar-refractivity contribution in [1.82, 2.24) is 0 Å². The van der Waals surface area contributed by atoms with E-state index in [9.17, 15) is 35.4 Å². The fraction of sp³-hybridized carbons (Fsp3) is 0.318. The molecule has 6 N–H and O–H groups in total. The summed E-state index contributed by atoms with van der Waals surface area (Å²) in [6.07, 6.45) is -6.76. The standard InChI is InChI=1S/C22H24O10/c1-10-15(26)7-14(25)8-16(10)31-21(12-3-5-13(24)6-4-12)17(9-23)32-22-20(29)19(28)18(27)11(2)30-22/h3-9,11,18-20,22,24-29H,1-2H3/b21-17+. The molecule has 0 radical (unpaired) electrons. The number of aliphatic hydroxyl groups is 3. The molecule has 1 aliphatic rings. The van der Waals surface area contributed by atoms with E-state index < -0.39 is 36.5 Å². The summed E-state index contributed by atoms with van der Waals surface area (Å²) in [6, 6.07) is 7.85. The third-order valence-electron chi connectivity index (χ3n) is 5.04. The van der Waals surface area contributed by atoms with Gasteiger partial charge in [0.15, 0.2) is 12.0 Å². The fourth-order valence-electron chi connectivity index (χ4n) is 3.11. The molecule has 5 atom stereocenters. The van der Waals surface area contributed by atoms with Crippen LogP contribution < -0.4 is 4.74 Å². The Morgan fingerprint density at radius 1 is 0.969 bits per heavy atom. The molecule has 32 heavy (non-hydrogen) atoms. The predicted molar refractivity (Wildman–Crippen MR) is 110 cm³/mol. The van der Waals surface area contributed by atoms with Crippen LogP contribution >= 0.6 is 0 Å². The number of allylic oxidation sites excluding steroid dienone is 1. The topological polar surface area (TPSA) is 166 Å². The Labute approximate surface area is 183 Å². The quantitative estimate of drug-likeness (QED) is 0.212. The number of aliphatic hydroxyl groups excluding tert-OH is 3. The predicted octanol–water partition coefficient (Wildman–Crippen LogP) is 0.902. The molecule has 1 fully saturated rings. The summed E-state index contributed by atoms with van der Waals surface area (Å²) in [6.45, 7) is 2.98. The van der Waals surface area contributed by atoms with Crippen LogP contribution in [0.2, 0.25) is 0 Å². The number of rotatable bonds is 6. The van der Waals surface area contributed by atoms with Crippen molar-refractivity contribution in [3.8, 4) is 23.0 Å². The number of hydrogen-bond donors (Lipinski definition) is 6. The average Bonchev–Trinajstić information content (AvgIpc) is 2.76. The average molecular weight is 448 g/mol. The third-order valence-corrected chi connectivity index (χ3v) is 5.04.